The van der Waals surface area contributed by atoms with E-state index in [2.05, 4.69) is 20.8 Å². The molecule has 2 rings (SSSR count). The molecular weight excluding hydrogens is 120 g/mol. The van der Waals surface area contributed by atoms with Gasteiger partial charge in [-0.05, 0) is 36.0 Å². The molecule has 10 heavy (non-hydrogen) atoms. The van der Waals surface area contributed by atoms with E-state index >= 15 is 0 Å². The van der Waals surface area contributed by atoms with Crippen LogP contribution >= 0.6 is 0 Å². The van der Waals surface area contributed by atoms with Crippen LogP contribution in [-0.4, -0.2) is 0 Å². The van der Waals surface area contributed by atoms with Crippen molar-refractivity contribution in [2.75, 3.05) is 0 Å². The van der Waals surface area contributed by atoms with E-state index in [4.69, 9.17) is 0 Å². The first-order valence-corrected chi connectivity index (χ1v) is 4.68. The Bertz CT molecular complexity index is 146. The first-order chi connectivity index (χ1) is 4.68. The molecule has 0 aromatic rings. The van der Waals surface area contributed by atoms with Crippen molar-refractivity contribution in [1.82, 2.24) is 0 Å². The van der Waals surface area contributed by atoms with Crippen molar-refractivity contribution in [3.8, 4) is 0 Å². The van der Waals surface area contributed by atoms with Crippen LogP contribution in [-0.2, 0) is 0 Å². The van der Waals surface area contributed by atoms with Gasteiger partial charge in [0.15, 0.2) is 0 Å². The van der Waals surface area contributed by atoms with Gasteiger partial charge < -0.3 is 0 Å². The van der Waals surface area contributed by atoms with Gasteiger partial charge in [0.05, 0.1) is 0 Å². The summed E-state index contributed by atoms with van der Waals surface area (Å²) in [6, 6.07) is 0. The van der Waals surface area contributed by atoms with Crippen LogP contribution in [0.5, 0.6) is 0 Å². The van der Waals surface area contributed by atoms with E-state index in [0.717, 1.165) is 23.2 Å². The van der Waals surface area contributed by atoms with Crippen molar-refractivity contribution < 1.29 is 0 Å². The highest BCUT2D eigenvalue weighted by Crippen LogP contribution is 2.69. The van der Waals surface area contributed by atoms with Crippen molar-refractivity contribution in [3.05, 3.63) is 0 Å². The Balaban J connectivity index is 2.07. The molecule has 0 aromatic carbocycles. The lowest BCUT2D eigenvalue weighted by molar-refractivity contribution is 0.359. The van der Waals surface area contributed by atoms with Gasteiger partial charge >= 0.3 is 0 Å². The zero-order chi connectivity index (χ0) is 7.35. The lowest BCUT2D eigenvalue weighted by Gasteiger charge is -2.14. The average molecular weight is 138 g/mol. The smallest absolute Gasteiger partial charge is 0.0289 e. The van der Waals surface area contributed by atoms with Gasteiger partial charge in [0, 0.05) is 0 Å². The van der Waals surface area contributed by atoms with Gasteiger partial charge in [-0.1, -0.05) is 27.2 Å². The molecule has 2 saturated carbocycles. The molecule has 0 heteroatoms. The second-order valence-corrected chi connectivity index (χ2v) is 4.70. The summed E-state index contributed by atoms with van der Waals surface area (Å²) in [7, 11) is 0. The maximum atomic E-state index is 2.45. The molecule has 0 aromatic heterocycles. The molecule has 0 spiro atoms. The van der Waals surface area contributed by atoms with E-state index < -0.39 is 0 Å². The second kappa shape index (κ2) is 1.78. The minimum atomic E-state index is 0.735. The van der Waals surface area contributed by atoms with Crippen molar-refractivity contribution in [2.45, 2.75) is 40.0 Å². The molecule has 2 aliphatic rings. The second-order valence-electron chi connectivity index (χ2n) is 4.70. The van der Waals surface area contributed by atoms with Crippen LogP contribution in [0.3, 0.4) is 0 Å². The third-order valence-electron chi connectivity index (χ3n) is 4.02. The molecule has 3 unspecified atom stereocenters. The van der Waals surface area contributed by atoms with Crippen molar-refractivity contribution in [1.29, 1.82) is 0 Å². The van der Waals surface area contributed by atoms with E-state index in [1.165, 1.54) is 19.3 Å². The summed E-state index contributed by atoms with van der Waals surface area (Å²) in [6.45, 7) is 7.25. The molecule has 0 N–H and O–H groups in total. The Morgan fingerprint density at radius 3 is 2.30 bits per heavy atom. The van der Waals surface area contributed by atoms with E-state index in [9.17, 15) is 0 Å². The Morgan fingerprint density at radius 1 is 1.30 bits per heavy atom. The third-order valence-corrected chi connectivity index (χ3v) is 4.02. The summed E-state index contributed by atoms with van der Waals surface area (Å²) in [5.41, 5.74) is 0.735. The third kappa shape index (κ3) is 0.627. The Kier molecular flexibility index (Phi) is 1.19. The fourth-order valence-corrected chi connectivity index (χ4v) is 3.31. The number of rotatable bonds is 1. The summed E-state index contributed by atoms with van der Waals surface area (Å²) in [4.78, 5) is 0. The van der Waals surface area contributed by atoms with Crippen LogP contribution in [0.15, 0.2) is 0 Å². The largest absolute Gasteiger partial charge is 0.0651 e. The highest BCUT2D eigenvalue weighted by molar-refractivity contribution is 5.11. The fourth-order valence-electron chi connectivity index (χ4n) is 3.31. The topological polar surface area (TPSA) is 0 Å². The maximum absolute atomic E-state index is 2.45. The Labute approximate surface area is 64.0 Å². The summed E-state index contributed by atoms with van der Waals surface area (Å²) >= 11 is 0. The predicted octanol–water partition coefficient (Wildman–Crippen LogP) is 3.08. The minimum Gasteiger partial charge on any atom is -0.0651 e. The molecule has 0 nitrogen and oxygen atoms in total. The molecular formula is C10H18. The van der Waals surface area contributed by atoms with E-state index in [1.807, 2.05) is 0 Å². The van der Waals surface area contributed by atoms with Gasteiger partial charge in [-0.3, -0.25) is 0 Å². The van der Waals surface area contributed by atoms with Gasteiger partial charge in [-0.25, -0.2) is 0 Å². The molecule has 2 fully saturated rings. The van der Waals surface area contributed by atoms with Crippen molar-refractivity contribution in [3.63, 3.8) is 0 Å². The van der Waals surface area contributed by atoms with E-state index in [0.29, 0.717) is 0 Å². The molecule has 0 aliphatic heterocycles. The van der Waals surface area contributed by atoms with Crippen LogP contribution in [0.25, 0.3) is 0 Å². The summed E-state index contributed by atoms with van der Waals surface area (Å²) < 4.78 is 0. The highest BCUT2D eigenvalue weighted by atomic mass is 14.7. The highest BCUT2D eigenvalue weighted by Gasteiger charge is 2.62. The molecule has 0 bridgehead atoms. The summed E-state index contributed by atoms with van der Waals surface area (Å²) in [5, 5.41) is 0. The van der Waals surface area contributed by atoms with Crippen LogP contribution in [0.1, 0.15) is 40.0 Å². The van der Waals surface area contributed by atoms with Gasteiger partial charge in [0.1, 0.15) is 0 Å². The standard InChI is InChI=1S/C10H18/c1-4-7-5-6-8-9(7)10(8,2)3/h7-9H,4-6H2,1-3H3. The van der Waals surface area contributed by atoms with Crippen molar-refractivity contribution >= 4 is 0 Å². The van der Waals surface area contributed by atoms with Gasteiger partial charge in [0.2, 0.25) is 0 Å². The average Bonchev–Trinajstić information content (AvgIpc) is 2.28. The number of fused-ring (bicyclic) bond motifs is 1. The molecule has 3 atom stereocenters. The van der Waals surface area contributed by atoms with Gasteiger partial charge in [-0.15, -0.1) is 0 Å². The van der Waals surface area contributed by atoms with Gasteiger partial charge in [-0.2, -0.15) is 0 Å². The fraction of sp³-hybridized carbons (Fsp3) is 1.00. The maximum Gasteiger partial charge on any atom is -0.0289 e. The molecule has 0 amide bonds. The van der Waals surface area contributed by atoms with Crippen LogP contribution < -0.4 is 0 Å². The predicted molar refractivity (Wildman–Crippen MR) is 43.8 cm³/mol. The SMILES string of the molecule is CCC1CCC2C1C2(C)C. The van der Waals surface area contributed by atoms with Crippen LogP contribution in [0.4, 0.5) is 0 Å². The Hall–Kier alpha value is 0. The molecule has 58 valence electrons. The van der Waals surface area contributed by atoms with Crippen LogP contribution in [0.2, 0.25) is 0 Å². The number of hydrogen-bond acceptors (Lipinski definition) is 0. The molecule has 2 aliphatic carbocycles. The van der Waals surface area contributed by atoms with Crippen LogP contribution in [0, 0.1) is 23.2 Å². The van der Waals surface area contributed by atoms with E-state index in [1.54, 1.807) is 0 Å². The number of hydrogen-bond donors (Lipinski definition) is 0. The Morgan fingerprint density at radius 2 is 2.00 bits per heavy atom. The first kappa shape index (κ1) is 6.69. The van der Waals surface area contributed by atoms with E-state index in [-0.39, 0.29) is 0 Å². The summed E-state index contributed by atoms with van der Waals surface area (Å²) in [5.74, 6) is 3.30. The zero-order valence-electron chi connectivity index (χ0n) is 7.35. The lowest BCUT2D eigenvalue weighted by atomic mass is 9.91. The lowest BCUT2D eigenvalue weighted by Crippen LogP contribution is -2.05. The normalized spacial score (nSPS) is 48.9. The molecule has 0 radical (unpaired) electrons. The molecule has 0 heterocycles. The summed E-state index contributed by atoms with van der Waals surface area (Å²) in [6.07, 6.45) is 4.47. The first-order valence-electron chi connectivity index (χ1n) is 4.68. The molecule has 0 saturated heterocycles. The minimum absolute atomic E-state index is 0.735. The van der Waals surface area contributed by atoms with Gasteiger partial charge in [0.25, 0.3) is 0 Å². The monoisotopic (exact) mass is 138 g/mol. The quantitative estimate of drug-likeness (QED) is 0.522. The zero-order valence-corrected chi connectivity index (χ0v) is 7.35. The van der Waals surface area contributed by atoms with Crippen molar-refractivity contribution in [2.24, 2.45) is 23.2 Å².